The van der Waals surface area contributed by atoms with Crippen LogP contribution in [-0.2, 0) is 27.1 Å². The molecule has 0 fully saturated rings. The molecule has 8 rings (SSSR count). The van der Waals surface area contributed by atoms with Crippen molar-refractivity contribution in [2.45, 2.75) is 67.1 Å². The van der Waals surface area contributed by atoms with E-state index in [-0.39, 0.29) is 21.6 Å². The highest BCUT2D eigenvalue weighted by molar-refractivity contribution is 7.91. The second-order valence-corrected chi connectivity index (χ2v) is 16.5. The molecule has 0 spiro atoms. The minimum Gasteiger partial charge on any atom is -0.310 e. The minimum absolute atomic E-state index is 0.143. The predicted molar refractivity (Wildman–Crippen MR) is 200 cm³/mol. The van der Waals surface area contributed by atoms with Crippen molar-refractivity contribution in [2.75, 3.05) is 4.90 Å². The normalized spacial score (nSPS) is 17.5. The standard InChI is InChI=1S/C45H41NO2S/c1-44(2)38-15-7-5-13-32(38)23-30-36(37-14-6-8-16-39(37)44)31-21-26-34(27-22-31)49(47,48)35-28-24-33(25-29-35)46-42-19-11-9-17-40(42)45(3,4)41-18-10-12-20-43(41)46/h5-22,24-29,36H,23,30H2,1-4H3. The summed E-state index contributed by atoms with van der Waals surface area (Å²) in [6, 6.07) is 49.5. The Kier molecular flexibility index (Phi) is 7.42. The summed E-state index contributed by atoms with van der Waals surface area (Å²) in [5.74, 6) is 0.167. The van der Waals surface area contributed by atoms with E-state index < -0.39 is 9.84 Å². The molecule has 0 aromatic heterocycles. The third kappa shape index (κ3) is 5.04. The van der Waals surface area contributed by atoms with Gasteiger partial charge in [-0.1, -0.05) is 125 Å². The fourth-order valence-electron chi connectivity index (χ4n) is 8.40. The Labute approximate surface area is 290 Å². The molecule has 0 saturated heterocycles. The first-order valence-corrected chi connectivity index (χ1v) is 18.7. The summed E-state index contributed by atoms with van der Waals surface area (Å²) in [5.41, 5.74) is 11.9. The molecular weight excluding hydrogens is 619 g/mol. The van der Waals surface area contributed by atoms with Gasteiger partial charge in [0, 0.05) is 22.4 Å². The van der Waals surface area contributed by atoms with Crippen LogP contribution in [0, 0.1) is 0 Å². The van der Waals surface area contributed by atoms with Gasteiger partial charge in [-0.05, 0) is 100 Å². The average Bonchev–Trinajstić information content (AvgIpc) is 3.12. The lowest BCUT2D eigenvalue weighted by Gasteiger charge is -2.42. The van der Waals surface area contributed by atoms with Gasteiger partial charge in [-0.3, -0.25) is 0 Å². The van der Waals surface area contributed by atoms with Crippen LogP contribution in [0.3, 0.4) is 0 Å². The molecule has 0 N–H and O–H groups in total. The summed E-state index contributed by atoms with van der Waals surface area (Å²) in [5, 5.41) is 0. The monoisotopic (exact) mass is 659 g/mol. The minimum atomic E-state index is -3.72. The lowest BCUT2D eigenvalue weighted by atomic mass is 9.68. The number of sulfone groups is 1. The fourth-order valence-corrected chi connectivity index (χ4v) is 9.66. The molecule has 0 saturated carbocycles. The summed E-state index contributed by atoms with van der Waals surface area (Å²) in [4.78, 5) is 2.84. The van der Waals surface area contributed by atoms with Gasteiger partial charge in [0.05, 0.1) is 21.2 Å². The van der Waals surface area contributed by atoms with Gasteiger partial charge in [0.25, 0.3) is 0 Å². The molecule has 1 heterocycles. The van der Waals surface area contributed by atoms with Gasteiger partial charge in [-0.2, -0.15) is 0 Å². The number of para-hydroxylation sites is 2. The van der Waals surface area contributed by atoms with Crippen LogP contribution in [0.2, 0.25) is 0 Å². The fraction of sp³-hybridized carbons (Fsp3) is 0.200. The Morgan fingerprint density at radius 1 is 0.531 bits per heavy atom. The molecule has 1 aliphatic heterocycles. The van der Waals surface area contributed by atoms with Crippen molar-refractivity contribution in [3.63, 3.8) is 0 Å². The number of aryl methyl sites for hydroxylation is 1. The van der Waals surface area contributed by atoms with Crippen LogP contribution in [0.5, 0.6) is 0 Å². The zero-order chi connectivity index (χ0) is 34.0. The molecule has 2 aliphatic rings. The van der Waals surface area contributed by atoms with Gasteiger partial charge in [0.15, 0.2) is 0 Å². The third-order valence-electron chi connectivity index (χ3n) is 11.0. The highest BCUT2D eigenvalue weighted by Gasteiger charge is 2.37. The summed E-state index contributed by atoms with van der Waals surface area (Å²) < 4.78 is 28.0. The molecule has 1 unspecified atom stereocenters. The van der Waals surface area contributed by atoms with E-state index >= 15 is 0 Å². The second-order valence-electron chi connectivity index (χ2n) is 14.5. The van der Waals surface area contributed by atoms with Gasteiger partial charge >= 0.3 is 0 Å². The SMILES string of the molecule is CC1(C)c2ccccc2CCC(c2ccc(S(=O)(=O)c3ccc(N4c5ccccc5C(C)(C)c5ccccc54)cc3)cc2)c2ccccc21. The van der Waals surface area contributed by atoms with Crippen molar-refractivity contribution in [3.05, 3.63) is 185 Å². The van der Waals surface area contributed by atoms with E-state index in [4.69, 9.17) is 0 Å². The van der Waals surface area contributed by atoms with E-state index in [0.29, 0.717) is 4.90 Å². The first kappa shape index (κ1) is 31.3. The molecule has 6 aromatic rings. The Balaban J connectivity index is 1.11. The van der Waals surface area contributed by atoms with Crippen LogP contribution < -0.4 is 4.90 Å². The Morgan fingerprint density at radius 2 is 1.00 bits per heavy atom. The number of rotatable bonds is 4. The maximum absolute atomic E-state index is 14.0. The van der Waals surface area contributed by atoms with Crippen LogP contribution in [0.15, 0.2) is 155 Å². The summed E-state index contributed by atoms with van der Waals surface area (Å²) in [6.07, 6.45) is 1.92. The van der Waals surface area contributed by atoms with Gasteiger partial charge in [-0.15, -0.1) is 0 Å². The number of hydrogen-bond acceptors (Lipinski definition) is 3. The van der Waals surface area contributed by atoms with Gasteiger partial charge < -0.3 is 4.90 Å². The Bertz CT molecular complexity index is 2250. The highest BCUT2D eigenvalue weighted by atomic mass is 32.2. The van der Waals surface area contributed by atoms with Gasteiger partial charge in [-0.25, -0.2) is 8.42 Å². The molecule has 6 aromatic carbocycles. The molecule has 0 radical (unpaired) electrons. The third-order valence-corrected chi connectivity index (χ3v) is 12.8. The topological polar surface area (TPSA) is 37.4 Å². The molecule has 0 bridgehead atoms. The van der Waals surface area contributed by atoms with Crippen LogP contribution in [-0.4, -0.2) is 8.42 Å². The zero-order valence-corrected chi connectivity index (χ0v) is 29.3. The number of anilines is 3. The van der Waals surface area contributed by atoms with E-state index in [0.717, 1.165) is 35.5 Å². The number of fused-ring (bicyclic) bond motifs is 4. The zero-order valence-electron chi connectivity index (χ0n) is 28.5. The quantitative estimate of drug-likeness (QED) is 0.189. The van der Waals surface area contributed by atoms with Gasteiger partial charge in [0.1, 0.15) is 0 Å². The Morgan fingerprint density at radius 3 is 1.61 bits per heavy atom. The van der Waals surface area contributed by atoms with Crippen molar-refractivity contribution in [1.82, 2.24) is 0 Å². The predicted octanol–water partition coefficient (Wildman–Crippen LogP) is 11.0. The summed E-state index contributed by atoms with van der Waals surface area (Å²) >= 11 is 0. The molecule has 1 aliphatic carbocycles. The molecule has 4 heteroatoms. The highest BCUT2D eigenvalue weighted by Crippen LogP contribution is 2.51. The largest absolute Gasteiger partial charge is 0.310 e. The number of nitrogens with zero attached hydrogens (tertiary/aromatic N) is 1. The van der Waals surface area contributed by atoms with Crippen molar-refractivity contribution < 1.29 is 8.42 Å². The molecule has 244 valence electrons. The van der Waals surface area contributed by atoms with E-state index in [1.165, 1.54) is 33.4 Å². The maximum Gasteiger partial charge on any atom is 0.206 e. The maximum atomic E-state index is 14.0. The molecule has 0 amide bonds. The van der Waals surface area contributed by atoms with E-state index in [1.807, 2.05) is 24.3 Å². The molecule has 1 atom stereocenters. The second kappa shape index (κ2) is 11.6. The van der Waals surface area contributed by atoms with E-state index in [1.54, 1.807) is 24.3 Å². The lowest BCUT2D eigenvalue weighted by Crippen LogP contribution is -2.30. The van der Waals surface area contributed by atoms with Crippen LogP contribution in [0.1, 0.15) is 79.0 Å². The molecule has 49 heavy (non-hydrogen) atoms. The van der Waals surface area contributed by atoms with E-state index in [2.05, 4.69) is 130 Å². The summed E-state index contributed by atoms with van der Waals surface area (Å²) in [6.45, 7) is 9.16. The van der Waals surface area contributed by atoms with Gasteiger partial charge in [0.2, 0.25) is 9.84 Å². The van der Waals surface area contributed by atoms with E-state index in [9.17, 15) is 8.42 Å². The first-order chi connectivity index (χ1) is 23.6. The lowest BCUT2D eigenvalue weighted by molar-refractivity contribution is 0.582. The van der Waals surface area contributed by atoms with Crippen LogP contribution in [0.4, 0.5) is 17.1 Å². The van der Waals surface area contributed by atoms with Crippen LogP contribution >= 0.6 is 0 Å². The number of hydrogen-bond donors (Lipinski definition) is 0. The van der Waals surface area contributed by atoms with Crippen molar-refractivity contribution in [1.29, 1.82) is 0 Å². The van der Waals surface area contributed by atoms with Crippen LogP contribution in [0.25, 0.3) is 0 Å². The first-order valence-electron chi connectivity index (χ1n) is 17.2. The van der Waals surface area contributed by atoms with Crippen molar-refractivity contribution in [3.8, 4) is 0 Å². The van der Waals surface area contributed by atoms with Crippen molar-refractivity contribution >= 4 is 26.9 Å². The molecular formula is C45H41NO2S. The smallest absolute Gasteiger partial charge is 0.206 e. The molecule has 3 nitrogen and oxygen atoms in total. The van der Waals surface area contributed by atoms with Crippen molar-refractivity contribution in [2.24, 2.45) is 0 Å². The Hall–Kier alpha value is -4.93. The summed E-state index contributed by atoms with van der Waals surface area (Å²) in [7, 11) is -3.72. The average molecular weight is 660 g/mol. The number of benzene rings is 6.